The summed E-state index contributed by atoms with van der Waals surface area (Å²) in [5.74, 6) is 0.727. The van der Waals surface area contributed by atoms with Gasteiger partial charge in [0, 0.05) is 43.8 Å². The van der Waals surface area contributed by atoms with Gasteiger partial charge in [0.2, 0.25) is 0 Å². The van der Waals surface area contributed by atoms with Crippen molar-refractivity contribution in [3.05, 3.63) is 83.4 Å². The third kappa shape index (κ3) is 5.03. The Morgan fingerprint density at radius 3 is 2.44 bits per heavy atom. The molecule has 1 saturated heterocycles. The molecule has 0 bridgehead atoms. The smallest absolute Gasteiger partial charge is 0.253 e. The van der Waals surface area contributed by atoms with Crippen molar-refractivity contribution in [1.29, 1.82) is 0 Å². The quantitative estimate of drug-likeness (QED) is 0.544. The van der Waals surface area contributed by atoms with Gasteiger partial charge in [0.05, 0.1) is 0 Å². The lowest BCUT2D eigenvalue weighted by Crippen LogP contribution is -2.47. The number of nitrogens with zero attached hydrogens (tertiary/aromatic N) is 2. The Hall–Kier alpha value is -2.69. The minimum Gasteiger partial charge on any atom is -0.336 e. The van der Waals surface area contributed by atoms with Crippen LogP contribution in [0.15, 0.2) is 66.7 Å². The molecule has 1 aliphatic carbocycles. The number of amides is 1. The zero-order valence-corrected chi connectivity index (χ0v) is 20.5. The van der Waals surface area contributed by atoms with Crippen molar-refractivity contribution >= 4 is 16.7 Å². The van der Waals surface area contributed by atoms with E-state index in [9.17, 15) is 4.79 Å². The minimum absolute atomic E-state index is 0.173. The average Bonchev–Trinajstić information content (AvgIpc) is 2.88. The predicted octanol–water partition coefficient (Wildman–Crippen LogP) is 5.60. The Bertz CT molecular complexity index is 1110. The van der Waals surface area contributed by atoms with Crippen LogP contribution in [0.25, 0.3) is 10.8 Å². The van der Waals surface area contributed by atoms with Crippen molar-refractivity contribution in [2.75, 3.05) is 33.2 Å². The fourth-order valence-electron chi connectivity index (χ4n) is 5.81. The summed E-state index contributed by atoms with van der Waals surface area (Å²) < 4.78 is 0. The molecule has 2 aliphatic rings. The van der Waals surface area contributed by atoms with Gasteiger partial charge in [-0.15, -0.1) is 0 Å². The molecule has 4 heteroatoms. The molecular weight excluding hydrogens is 418 g/mol. The maximum absolute atomic E-state index is 12.9. The second kappa shape index (κ2) is 10.3. The summed E-state index contributed by atoms with van der Waals surface area (Å²) in [4.78, 5) is 17.2. The lowest BCUT2D eigenvalue weighted by atomic mass is 9.80. The molecule has 3 aromatic carbocycles. The van der Waals surface area contributed by atoms with E-state index in [1.807, 2.05) is 17.0 Å². The highest BCUT2D eigenvalue weighted by molar-refractivity contribution is 5.94. The van der Waals surface area contributed by atoms with Crippen LogP contribution in [0.4, 0.5) is 0 Å². The first kappa shape index (κ1) is 23.1. The number of piperazine rings is 1. The summed E-state index contributed by atoms with van der Waals surface area (Å²) >= 11 is 0. The first-order valence-corrected chi connectivity index (χ1v) is 12.9. The Labute approximate surface area is 203 Å². The normalized spacial score (nSPS) is 22.6. The van der Waals surface area contributed by atoms with Gasteiger partial charge in [-0.25, -0.2) is 0 Å². The number of carbonyl (C=O) groups excluding carboxylic acids is 1. The van der Waals surface area contributed by atoms with E-state index < -0.39 is 0 Å². The van der Waals surface area contributed by atoms with Gasteiger partial charge in [-0.05, 0) is 73.2 Å². The van der Waals surface area contributed by atoms with Gasteiger partial charge in [-0.2, -0.15) is 0 Å². The highest BCUT2D eigenvalue weighted by Crippen LogP contribution is 2.34. The monoisotopic (exact) mass is 455 g/mol. The van der Waals surface area contributed by atoms with Gasteiger partial charge in [0.1, 0.15) is 0 Å². The zero-order chi connectivity index (χ0) is 23.5. The van der Waals surface area contributed by atoms with Gasteiger partial charge in [-0.1, -0.05) is 61.0 Å². The summed E-state index contributed by atoms with van der Waals surface area (Å²) in [7, 11) is 2.12. The molecule has 1 aliphatic heterocycles. The standard InChI is InChI=1S/C30H37N3O/c1-22(28-12-6-8-24-7-3-4-11-29(24)28)31-27-10-5-9-26(21-27)23-13-15-25(16-14-23)30(34)33-19-17-32(2)18-20-33/h3-4,6-8,11-16,22,26-27,31H,5,9-10,17-21H2,1-2H3. The summed E-state index contributed by atoms with van der Waals surface area (Å²) in [5.41, 5.74) is 3.58. The van der Waals surface area contributed by atoms with Crippen LogP contribution < -0.4 is 5.32 Å². The van der Waals surface area contributed by atoms with Crippen LogP contribution in [-0.2, 0) is 0 Å². The third-order valence-electron chi connectivity index (χ3n) is 7.87. The van der Waals surface area contributed by atoms with E-state index >= 15 is 0 Å². The largest absolute Gasteiger partial charge is 0.336 e. The first-order valence-electron chi connectivity index (χ1n) is 12.9. The fraction of sp³-hybridized carbons (Fsp3) is 0.433. The molecule has 5 rings (SSSR count). The maximum atomic E-state index is 12.9. The number of fused-ring (bicyclic) bond motifs is 1. The molecule has 1 saturated carbocycles. The van der Waals surface area contributed by atoms with E-state index in [-0.39, 0.29) is 5.91 Å². The second-order valence-corrected chi connectivity index (χ2v) is 10.2. The molecule has 0 radical (unpaired) electrons. The number of carbonyl (C=O) groups is 1. The van der Waals surface area contributed by atoms with Gasteiger partial charge >= 0.3 is 0 Å². The van der Waals surface area contributed by atoms with Crippen molar-refractivity contribution in [2.45, 2.75) is 50.6 Å². The van der Waals surface area contributed by atoms with Gasteiger partial charge in [0.15, 0.2) is 0 Å². The number of hydrogen-bond acceptors (Lipinski definition) is 3. The molecule has 3 unspecified atom stereocenters. The van der Waals surface area contributed by atoms with Crippen LogP contribution in [0.2, 0.25) is 0 Å². The molecule has 1 amide bonds. The summed E-state index contributed by atoms with van der Waals surface area (Å²) in [5, 5.41) is 6.59. The molecule has 3 atom stereocenters. The van der Waals surface area contributed by atoms with E-state index in [1.165, 1.54) is 41.2 Å². The number of nitrogens with one attached hydrogen (secondary N) is 1. The van der Waals surface area contributed by atoms with Crippen molar-refractivity contribution in [2.24, 2.45) is 0 Å². The van der Waals surface area contributed by atoms with Gasteiger partial charge in [0.25, 0.3) is 5.91 Å². The molecule has 4 nitrogen and oxygen atoms in total. The Kier molecular flexibility index (Phi) is 6.98. The lowest BCUT2D eigenvalue weighted by molar-refractivity contribution is 0.0664. The number of rotatable bonds is 5. The van der Waals surface area contributed by atoms with Crippen LogP contribution in [-0.4, -0.2) is 55.0 Å². The molecular formula is C30H37N3O. The van der Waals surface area contributed by atoms with Crippen molar-refractivity contribution in [3.8, 4) is 0 Å². The van der Waals surface area contributed by atoms with Gasteiger partial charge < -0.3 is 15.1 Å². The van der Waals surface area contributed by atoms with Crippen LogP contribution >= 0.6 is 0 Å². The molecule has 34 heavy (non-hydrogen) atoms. The van der Waals surface area contributed by atoms with Crippen molar-refractivity contribution in [1.82, 2.24) is 15.1 Å². The first-order chi connectivity index (χ1) is 16.6. The van der Waals surface area contributed by atoms with E-state index in [1.54, 1.807) is 0 Å². The van der Waals surface area contributed by atoms with Crippen LogP contribution in [0.5, 0.6) is 0 Å². The number of likely N-dealkylation sites (N-methyl/N-ethyl adjacent to an activating group) is 1. The minimum atomic E-state index is 0.173. The molecule has 3 aromatic rings. The highest BCUT2D eigenvalue weighted by Gasteiger charge is 2.26. The number of benzene rings is 3. The molecule has 2 fully saturated rings. The van der Waals surface area contributed by atoms with E-state index in [4.69, 9.17) is 0 Å². The Morgan fingerprint density at radius 2 is 1.65 bits per heavy atom. The van der Waals surface area contributed by atoms with Crippen LogP contribution in [0.1, 0.15) is 66.1 Å². The lowest BCUT2D eigenvalue weighted by Gasteiger charge is -2.33. The highest BCUT2D eigenvalue weighted by atomic mass is 16.2. The molecule has 178 valence electrons. The summed E-state index contributed by atoms with van der Waals surface area (Å²) in [6.45, 7) is 5.85. The molecule has 1 heterocycles. The molecule has 1 N–H and O–H groups in total. The average molecular weight is 456 g/mol. The summed E-state index contributed by atoms with van der Waals surface area (Å²) in [6.07, 6.45) is 4.85. The van der Waals surface area contributed by atoms with Gasteiger partial charge in [-0.3, -0.25) is 4.79 Å². The Morgan fingerprint density at radius 1 is 0.912 bits per heavy atom. The van der Waals surface area contributed by atoms with E-state index in [0.29, 0.717) is 18.0 Å². The SMILES string of the molecule is CC(NC1CCCC(c2ccc(C(=O)N3CCN(C)CC3)cc2)C1)c1cccc2ccccc12. The van der Waals surface area contributed by atoms with Crippen LogP contribution in [0, 0.1) is 0 Å². The molecule has 0 spiro atoms. The second-order valence-electron chi connectivity index (χ2n) is 10.2. The van der Waals surface area contributed by atoms with Crippen molar-refractivity contribution in [3.63, 3.8) is 0 Å². The Balaban J connectivity index is 1.22. The zero-order valence-electron chi connectivity index (χ0n) is 20.5. The third-order valence-corrected chi connectivity index (χ3v) is 7.87. The maximum Gasteiger partial charge on any atom is 0.253 e. The van der Waals surface area contributed by atoms with E-state index in [0.717, 1.165) is 38.2 Å². The summed E-state index contributed by atoms with van der Waals surface area (Å²) in [6, 6.07) is 24.6. The topological polar surface area (TPSA) is 35.6 Å². The van der Waals surface area contributed by atoms with Crippen LogP contribution in [0.3, 0.4) is 0 Å². The predicted molar refractivity (Wildman–Crippen MR) is 140 cm³/mol. The fourth-order valence-corrected chi connectivity index (χ4v) is 5.81. The molecule has 0 aromatic heterocycles. The van der Waals surface area contributed by atoms with E-state index in [2.05, 4.69) is 78.8 Å². The number of hydrogen-bond donors (Lipinski definition) is 1. The van der Waals surface area contributed by atoms with Crippen molar-refractivity contribution < 1.29 is 4.79 Å².